The second kappa shape index (κ2) is 7.26. The second-order valence-electron chi connectivity index (χ2n) is 5.57. The molecule has 0 aromatic carbocycles. The molecule has 2 atom stereocenters. The smallest absolute Gasteiger partial charge is 0.328 e. The number of carboxylic acids is 1. The standard InChI is InChI=1S/C15H21N3O5/c1-3-23-15(22)11-5-4-6-17(8-11)13(19)12-7-16-18(9-12)10(2)14(20)21/h7,9-11H,3-6,8H2,1-2H3,(H,20,21). The number of esters is 1. The van der Waals surface area contributed by atoms with E-state index in [1.165, 1.54) is 24.0 Å². The summed E-state index contributed by atoms with van der Waals surface area (Å²) in [5, 5.41) is 12.9. The van der Waals surface area contributed by atoms with Crippen molar-refractivity contribution in [2.75, 3.05) is 19.7 Å². The van der Waals surface area contributed by atoms with E-state index >= 15 is 0 Å². The van der Waals surface area contributed by atoms with Crippen LogP contribution < -0.4 is 0 Å². The van der Waals surface area contributed by atoms with Gasteiger partial charge in [0.2, 0.25) is 0 Å². The fourth-order valence-corrected chi connectivity index (χ4v) is 2.57. The Hall–Kier alpha value is -2.38. The van der Waals surface area contributed by atoms with Crippen LogP contribution in [-0.2, 0) is 14.3 Å². The largest absolute Gasteiger partial charge is 0.480 e. The van der Waals surface area contributed by atoms with Crippen LogP contribution in [-0.4, -0.2) is 57.3 Å². The van der Waals surface area contributed by atoms with Crippen molar-refractivity contribution in [1.82, 2.24) is 14.7 Å². The number of carbonyl (C=O) groups is 3. The quantitative estimate of drug-likeness (QED) is 0.809. The number of carboxylic acid groups (broad SMARTS) is 1. The Labute approximate surface area is 134 Å². The molecule has 1 aromatic rings. The van der Waals surface area contributed by atoms with E-state index in [-0.39, 0.29) is 17.8 Å². The molecule has 23 heavy (non-hydrogen) atoms. The molecule has 126 valence electrons. The Balaban J connectivity index is 2.05. The van der Waals surface area contributed by atoms with Gasteiger partial charge in [0.15, 0.2) is 0 Å². The average molecular weight is 323 g/mol. The van der Waals surface area contributed by atoms with Crippen molar-refractivity contribution in [1.29, 1.82) is 0 Å². The lowest BCUT2D eigenvalue weighted by Crippen LogP contribution is -2.42. The molecule has 1 aliphatic rings. The normalized spacial score (nSPS) is 19.2. The number of amides is 1. The first-order valence-corrected chi connectivity index (χ1v) is 7.67. The number of ether oxygens (including phenoxy) is 1. The maximum atomic E-state index is 12.5. The van der Waals surface area contributed by atoms with Gasteiger partial charge in [0.05, 0.1) is 24.3 Å². The van der Waals surface area contributed by atoms with Gasteiger partial charge in [-0.3, -0.25) is 14.3 Å². The Kier molecular flexibility index (Phi) is 5.36. The molecule has 2 unspecified atom stereocenters. The highest BCUT2D eigenvalue weighted by Crippen LogP contribution is 2.20. The molecule has 1 amide bonds. The minimum absolute atomic E-state index is 0.247. The van der Waals surface area contributed by atoms with Crippen LogP contribution in [0.3, 0.4) is 0 Å². The number of rotatable bonds is 5. The molecule has 1 N–H and O–H groups in total. The number of aliphatic carboxylic acids is 1. The summed E-state index contributed by atoms with van der Waals surface area (Å²) in [6, 6.07) is -0.842. The molecule has 1 saturated heterocycles. The third-order valence-corrected chi connectivity index (χ3v) is 3.93. The minimum atomic E-state index is -1.02. The zero-order chi connectivity index (χ0) is 17.0. The Morgan fingerprint density at radius 2 is 2.22 bits per heavy atom. The predicted octanol–water partition coefficient (Wildman–Crippen LogP) is 0.944. The highest BCUT2D eigenvalue weighted by molar-refractivity contribution is 5.94. The number of carbonyl (C=O) groups excluding carboxylic acids is 2. The molecule has 8 heteroatoms. The lowest BCUT2D eigenvalue weighted by Gasteiger charge is -2.31. The van der Waals surface area contributed by atoms with E-state index in [1.807, 2.05) is 0 Å². The number of hydrogen-bond acceptors (Lipinski definition) is 5. The van der Waals surface area contributed by atoms with Crippen molar-refractivity contribution in [3.8, 4) is 0 Å². The number of aromatic nitrogens is 2. The van der Waals surface area contributed by atoms with E-state index in [9.17, 15) is 14.4 Å². The van der Waals surface area contributed by atoms with Crippen molar-refractivity contribution < 1.29 is 24.2 Å². The van der Waals surface area contributed by atoms with Gasteiger partial charge in [-0.05, 0) is 26.7 Å². The SMILES string of the molecule is CCOC(=O)C1CCCN(C(=O)c2cnn(C(C)C(=O)O)c2)C1. The molecule has 2 rings (SSSR count). The van der Waals surface area contributed by atoms with Gasteiger partial charge in [0.1, 0.15) is 6.04 Å². The third-order valence-electron chi connectivity index (χ3n) is 3.93. The van der Waals surface area contributed by atoms with Gasteiger partial charge >= 0.3 is 11.9 Å². The molecule has 0 bridgehead atoms. The molecular formula is C15H21N3O5. The van der Waals surface area contributed by atoms with Crippen LogP contribution in [0.5, 0.6) is 0 Å². The molecule has 0 saturated carbocycles. The summed E-state index contributed by atoms with van der Waals surface area (Å²) in [7, 11) is 0. The predicted molar refractivity (Wildman–Crippen MR) is 79.8 cm³/mol. The first kappa shape index (κ1) is 17.0. The van der Waals surface area contributed by atoms with E-state index < -0.39 is 12.0 Å². The molecule has 0 aliphatic carbocycles. The number of likely N-dealkylation sites (tertiary alicyclic amines) is 1. The van der Waals surface area contributed by atoms with Crippen molar-refractivity contribution in [3.05, 3.63) is 18.0 Å². The Morgan fingerprint density at radius 1 is 1.48 bits per heavy atom. The van der Waals surface area contributed by atoms with E-state index in [0.29, 0.717) is 31.7 Å². The van der Waals surface area contributed by atoms with Gasteiger partial charge in [-0.25, -0.2) is 4.79 Å². The topological polar surface area (TPSA) is 102 Å². The molecule has 1 fully saturated rings. The second-order valence-corrected chi connectivity index (χ2v) is 5.57. The number of hydrogen-bond donors (Lipinski definition) is 1. The number of piperidine rings is 1. The van der Waals surface area contributed by atoms with E-state index in [1.54, 1.807) is 11.8 Å². The van der Waals surface area contributed by atoms with Crippen molar-refractivity contribution in [2.45, 2.75) is 32.7 Å². The van der Waals surface area contributed by atoms with Gasteiger partial charge in [-0.1, -0.05) is 0 Å². The van der Waals surface area contributed by atoms with Crippen molar-refractivity contribution in [2.24, 2.45) is 5.92 Å². The molecule has 8 nitrogen and oxygen atoms in total. The maximum Gasteiger partial charge on any atom is 0.328 e. The maximum absolute atomic E-state index is 12.5. The molecule has 2 heterocycles. The molecule has 0 radical (unpaired) electrons. The number of nitrogens with zero attached hydrogens (tertiary/aromatic N) is 3. The first-order valence-electron chi connectivity index (χ1n) is 7.67. The Bertz CT molecular complexity index is 598. The lowest BCUT2D eigenvalue weighted by atomic mass is 9.98. The summed E-state index contributed by atoms with van der Waals surface area (Å²) in [6.45, 7) is 4.44. The monoisotopic (exact) mass is 323 g/mol. The van der Waals surface area contributed by atoms with Crippen LogP contribution in [0.1, 0.15) is 43.1 Å². The average Bonchev–Trinajstić information content (AvgIpc) is 3.03. The van der Waals surface area contributed by atoms with Crippen LogP contribution in [0.25, 0.3) is 0 Å². The van der Waals surface area contributed by atoms with E-state index in [0.717, 1.165) is 6.42 Å². The summed E-state index contributed by atoms with van der Waals surface area (Å²) in [6.07, 6.45) is 4.22. The van der Waals surface area contributed by atoms with Crippen molar-refractivity contribution in [3.63, 3.8) is 0 Å². The minimum Gasteiger partial charge on any atom is -0.480 e. The molecule has 1 aromatic heterocycles. The summed E-state index contributed by atoms with van der Waals surface area (Å²) in [5.74, 6) is -1.85. The summed E-state index contributed by atoms with van der Waals surface area (Å²) < 4.78 is 6.26. The zero-order valence-corrected chi connectivity index (χ0v) is 13.3. The lowest BCUT2D eigenvalue weighted by molar-refractivity contribution is -0.149. The highest BCUT2D eigenvalue weighted by Gasteiger charge is 2.30. The fraction of sp³-hybridized carbons (Fsp3) is 0.600. The summed E-state index contributed by atoms with van der Waals surface area (Å²) in [5.41, 5.74) is 0.322. The van der Waals surface area contributed by atoms with Crippen LogP contribution in [0.15, 0.2) is 12.4 Å². The summed E-state index contributed by atoms with van der Waals surface area (Å²) in [4.78, 5) is 36.9. The van der Waals surface area contributed by atoms with Crippen LogP contribution >= 0.6 is 0 Å². The third kappa shape index (κ3) is 3.88. The van der Waals surface area contributed by atoms with Crippen LogP contribution in [0.4, 0.5) is 0 Å². The molecule has 0 spiro atoms. The van der Waals surface area contributed by atoms with Gasteiger partial charge in [-0.15, -0.1) is 0 Å². The summed E-state index contributed by atoms with van der Waals surface area (Å²) >= 11 is 0. The van der Waals surface area contributed by atoms with Gasteiger partial charge in [0, 0.05) is 19.3 Å². The highest BCUT2D eigenvalue weighted by atomic mass is 16.5. The van der Waals surface area contributed by atoms with E-state index in [4.69, 9.17) is 9.84 Å². The van der Waals surface area contributed by atoms with Crippen molar-refractivity contribution >= 4 is 17.8 Å². The van der Waals surface area contributed by atoms with E-state index in [2.05, 4.69) is 5.10 Å². The molecule has 1 aliphatic heterocycles. The van der Waals surface area contributed by atoms with Gasteiger partial charge < -0.3 is 14.7 Å². The fourth-order valence-electron chi connectivity index (χ4n) is 2.57. The molecular weight excluding hydrogens is 302 g/mol. The van der Waals surface area contributed by atoms with Gasteiger partial charge in [0.25, 0.3) is 5.91 Å². The Morgan fingerprint density at radius 3 is 2.87 bits per heavy atom. The first-order chi connectivity index (χ1) is 10.9. The van der Waals surface area contributed by atoms with Crippen LogP contribution in [0.2, 0.25) is 0 Å². The van der Waals surface area contributed by atoms with Crippen LogP contribution in [0, 0.1) is 5.92 Å². The zero-order valence-electron chi connectivity index (χ0n) is 13.3. The van der Waals surface area contributed by atoms with Gasteiger partial charge in [-0.2, -0.15) is 5.10 Å².